The fourth-order valence-electron chi connectivity index (χ4n) is 3.19. The van der Waals surface area contributed by atoms with Crippen LogP contribution in [0.15, 0.2) is 6.07 Å². The summed E-state index contributed by atoms with van der Waals surface area (Å²) in [7, 11) is 1.12. The summed E-state index contributed by atoms with van der Waals surface area (Å²) in [4.78, 5) is 37.5. The van der Waals surface area contributed by atoms with Crippen molar-refractivity contribution in [3.05, 3.63) is 15.8 Å². The van der Waals surface area contributed by atoms with Gasteiger partial charge in [-0.25, -0.2) is 9.80 Å². The van der Waals surface area contributed by atoms with Gasteiger partial charge in [-0.15, -0.1) is 11.3 Å². The molecule has 6 nitrogen and oxygen atoms in total. The average molecular weight is 473 g/mol. The number of ether oxygens (including phenoxy) is 1. The summed E-state index contributed by atoms with van der Waals surface area (Å²) in [5.41, 5.74) is 1.11. The van der Waals surface area contributed by atoms with Gasteiger partial charge in [-0.05, 0) is 58.4 Å². The molecule has 1 fully saturated rings. The van der Waals surface area contributed by atoms with Crippen LogP contribution in [0.5, 0.6) is 0 Å². The fourth-order valence-corrected chi connectivity index (χ4v) is 4.10. The van der Waals surface area contributed by atoms with Gasteiger partial charge < -0.3 is 4.74 Å². The summed E-state index contributed by atoms with van der Waals surface area (Å²) < 4.78 is 43.8. The molecule has 1 aliphatic rings. The summed E-state index contributed by atoms with van der Waals surface area (Å²) in [5, 5.41) is 0.543. The maximum absolute atomic E-state index is 13.2. The van der Waals surface area contributed by atoms with Crippen LogP contribution in [0.25, 0.3) is 0 Å². The summed E-state index contributed by atoms with van der Waals surface area (Å²) in [5.74, 6) is 1.83. The first kappa shape index (κ1) is 25.7. The van der Waals surface area contributed by atoms with E-state index in [4.69, 9.17) is 4.74 Å². The number of rotatable bonds is 3. The van der Waals surface area contributed by atoms with Crippen LogP contribution in [-0.2, 0) is 14.3 Å². The minimum Gasteiger partial charge on any atom is -0.465 e. The zero-order valence-corrected chi connectivity index (χ0v) is 19.5. The Labute approximate surface area is 189 Å². The summed E-state index contributed by atoms with van der Waals surface area (Å²) in [6.07, 6.45) is -2.77. The Kier molecular flexibility index (Phi) is 7.99. The van der Waals surface area contributed by atoms with Crippen LogP contribution in [0.3, 0.4) is 0 Å². The number of hydrogen-bond acceptors (Lipinski definition) is 5. The third-order valence-corrected chi connectivity index (χ3v) is 5.96. The van der Waals surface area contributed by atoms with E-state index in [1.165, 1.54) is 6.07 Å². The Morgan fingerprint density at radius 3 is 2.25 bits per heavy atom. The summed E-state index contributed by atoms with van der Waals surface area (Å²) in [6, 6.07) is 1.33. The fraction of sp³-hybridized carbons (Fsp3) is 0.591. The largest absolute Gasteiger partial charge is 0.472 e. The number of methoxy groups -OCH3 is 1. The molecule has 1 aliphatic carbocycles. The molecule has 1 aromatic rings. The number of nitrogens with zero attached hydrogens (tertiary/aromatic N) is 1. The van der Waals surface area contributed by atoms with E-state index in [2.05, 4.69) is 11.8 Å². The lowest BCUT2D eigenvalue weighted by Gasteiger charge is -2.31. The molecule has 0 bridgehead atoms. The minimum absolute atomic E-state index is 0.120. The normalized spacial score (nSPS) is 18.9. The zero-order chi connectivity index (χ0) is 24.3. The number of alkyl halides is 3. The number of nitrogens with one attached hydrogen (secondary N) is 1. The highest BCUT2D eigenvalue weighted by Gasteiger charge is 2.42. The molecule has 0 unspecified atom stereocenters. The van der Waals surface area contributed by atoms with Crippen LogP contribution >= 0.6 is 11.3 Å². The quantitative estimate of drug-likeness (QED) is 0.394. The number of thiophene rings is 1. The number of hydrogen-bond donors (Lipinski definition) is 1. The van der Waals surface area contributed by atoms with Crippen LogP contribution < -0.4 is 10.4 Å². The van der Waals surface area contributed by atoms with E-state index in [0.717, 1.165) is 31.3 Å². The van der Waals surface area contributed by atoms with Gasteiger partial charge >= 0.3 is 18.1 Å². The Morgan fingerprint density at radius 1 is 1.16 bits per heavy atom. The van der Waals surface area contributed by atoms with Crippen LogP contribution in [0, 0.1) is 29.1 Å². The molecular weight excluding hydrogens is 445 g/mol. The van der Waals surface area contributed by atoms with Crippen molar-refractivity contribution in [2.45, 2.75) is 59.6 Å². The molecule has 0 aliphatic heterocycles. The molecule has 0 spiro atoms. The van der Waals surface area contributed by atoms with E-state index in [1.807, 2.05) is 27.7 Å². The smallest absolute Gasteiger partial charge is 0.465 e. The topological polar surface area (TPSA) is 75.7 Å². The van der Waals surface area contributed by atoms with Crippen molar-refractivity contribution in [2.24, 2.45) is 17.3 Å². The lowest BCUT2D eigenvalue weighted by atomic mass is 9.82. The van der Waals surface area contributed by atoms with Crippen molar-refractivity contribution in [3.63, 3.8) is 0 Å². The molecule has 1 heterocycles. The molecule has 0 aromatic carbocycles. The number of esters is 1. The summed E-state index contributed by atoms with van der Waals surface area (Å²) >= 11 is 0.886. The number of anilines is 1. The third kappa shape index (κ3) is 6.73. The first-order valence-corrected chi connectivity index (χ1v) is 11.0. The van der Waals surface area contributed by atoms with Gasteiger partial charge in [-0.2, -0.15) is 13.2 Å². The molecule has 1 N–H and O–H groups in total. The standard InChI is InChI=1S/C22H27F3N2O4S/c1-13-6-8-14(9-7-13)18(28)27(26-20(30)22(23,24)25)16-12-15(10-11-21(2,3)4)32-17(16)19(29)31-5/h12-14H,6-9H2,1-5H3,(H,26,30). The van der Waals surface area contributed by atoms with Gasteiger partial charge in [0.2, 0.25) is 5.91 Å². The number of halogens is 3. The SMILES string of the molecule is COC(=O)c1sc(C#CC(C)(C)C)cc1N(NC(=O)C(F)(F)F)C(=O)C1CCC(C)CC1. The molecule has 0 atom stereocenters. The molecule has 32 heavy (non-hydrogen) atoms. The lowest BCUT2D eigenvalue weighted by Crippen LogP contribution is -2.53. The van der Waals surface area contributed by atoms with Crippen LogP contribution in [0.1, 0.15) is 67.9 Å². The first-order chi connectivity index (χ1) is 14.7. The number of hydrazine groups is 1. The van der Waals surface area contributed by atoms with Gasteiger partial charge in [0.1, 0.15) is 4.88 Å². The van der Waals surface area contributed by atoms with Crippen molar-refractivity contribution < 1.29 is 32.3 Å². The van der Waals surface area contributed by atoms with E-state index >= 15 is 0 Å². The van der Waals surface area contributed by atoms with Gasteiger partial charge in [0.25, 0.3) is 0 Å². The van der Waals surface area contributed by atoms with Gasteiger partial charge in [0.05, 0.1) is 17.7 Å². The highest BCUT2D eigenvalue weighted by Crippen LogP contribution is 2.35. The second-order valence-corrected chi connectivity index (χ2v) is 9.94. The molecule has 176 valence electrons. The second kappa shape index (κ2) is 9.94. The number of carbonyl (C=O) groups excluding carboxylic acids is 3. The van der Waals surface area contributed by atoms with E-state index in [0.29, 0.717) is 28.6 Å². The highest BCUT2D eigenvalue weighted by molar-refractivity contribution is 7.15. The predicted molar refractivity (Wildman–Crippen MR) is 115 cm³/mol. The lowest BCUT2D eigenvalue weighted by molar-refractivity contribution is -0.174. The Hall–Kier alpha value is -2.54. The van der Waals surface area contributed by atoms with Gasteiger partial charge in [-0.3, -0.25) is 15.0 Å². The Bertz CT molecular complexity index is 930. The Morgan fingerprint density at radius 2 is 1.75 bits per heavy atom. The highest BCUT2D eigenvalue weighted by atomic mass is 32.1. The van der Waals surface area contributed by atoms with Crippen LogP contribution in [0.4, 0.5) is 18.9 Å². The molecule has 2 amide bonds. The summed E-state index contributed by atoms with van der Waals surface area (Å²) in [6.45, 7) is 7.66. The van der Waals surface area contributed by atoms with Crippen LogP contribution in [-0.4, -0.2) is 31.1 Å². The molecule has 1 aromatic heterocycles. The molecular formula is C22H27F3N2O4S. The molecule has 0 radical (unpaired) electrons. The third-order valence-electron chi connectivity index (χ3n) is 4.94. The van der Waals surface area contributed by atoms with Crippen molar-refractivity contribution in [1.29, 1.82) is 0 Å². The molecule has 10 heteroatoms. The van der Waals surface area contributed by atoms with E-state index < -0.39 is 29.9 Å². The minimum atomic E-state index is -5.21. The molecule has 1 saturated carbocycles. The van der Waals surface area contributed by atoms with E-state index in [1.54, 1.807) is 5.43 Å². The van der Waals surface area contributed by atoms with E-state index in [-0.39, 0.29) is 16.0 Å². The molecule has 2 rings (SSSR count). The van der Waals surface area contributed by atoms with Crippen LogP contribution in [0.2, 0.25) is 0 Å². The second-order valence-electron chi connectivity index (χ2n) is 8.89. The van der Waals surface area contributed by atoms with E-state index in [9.17, 15) is 27.6 Å². The van der Waals surface area contributed by atoms with Gasteiger partial charge in [0.15, 0.2) is 0 Å². The van der Waals surface area contributed by atoms with Gasteiger partial charge in [-0.1, -0.05) is 18.8 Å². The maximum atomic E-state index is 13.2. The average Bonchev–Trinajstić information content (AvgIpc) is 3.12. The predicted octanol–water partition coefficient (Wildman–Crippen LogP) is 4.69. The monoisotopic (exact) mass is 472 g/mol. The van der Waals surface area contributed by atoms with Crippen molar-refractivity contribution in [2.75, 3.05) is 12.1 Å². The van der Waals surface area contributed by atoms with Crippen molar-refractivity contribution >= 4 is 34.8 Å². The first-order valence-electron chi connectivity index (χ1n) is 10.2. The van der Waals surface area contributed by atoms with Crippen molar-refractivity contribution in [3.8, 4) is 11.8 Å². The van der Waals surface area contributed by atoms with Gasteiger partial charge in [0, 0.05) is 11.3 Å². The Balaban J connectivity index is 2.53. The number of amides is 2. The van der Waals surface area contributed by atoms with Crippen molar-refractivity contribution in [1.82, 2.24) is 5.43 Å². The molecule has 0 saturated heterocycles. The maximum Gasteiger partial charge on any atom is 0.472 e. The number of carbonyl (C=O) groups is 3. The zero-order valence-electron chi connectivity index (χ0n) is 18.7.